The molecule has 2 aromatic rings. The van der Waals surface area contributed by atoms with Gasteiger partial charge in [-0.3, -0.25) is 4.90 Å². The highest BCUT2D eigenvalue weighted by Gasteiger charge is 2.14. The summed E-state index contributed by atoms with van der Waals surface area (Å²) in [5.41, 5.74) is 6.63. The maximum absolute atomic E-state index is 11.4. The number of carboxylic acid groups (broad SMARTS) is 1. The first-order chi connectivity index (χ1) is 11.1. The van der Waals surface area contributed by atoms with Crippen LogP contribution in [-0.4, -0.2) is 70.0 Å². The highest BCUT2D eigenvalue weighted by Crippen LogP contribution is 2.18. The molecule has 0 aliphatic carbocycles. The van der Waals surface area contributed by atoms with E-state index in [4.69, 9.17) is 10.5 Å². The van der Waals surface area contributed by atoms with Gasteiger partial charge >= 0.3 is 5.97 Å². The molecule has 4 N–H and O–H groups in total. The molecule has 2 aromatic heterocycles. The van der Waals surface area contributed by atoms with Gasteiger partial charge in [-0.2, -0.15) is 4.98 Å². The van der Waals surface area contributed by atoms with Crippen LogP contribution in [0.1, 0.15) is 16.8 Å². The molecule has 3 rings (SSSR count). The SMILES string of the molecule is Nc1nc2cc(C(=O)O)c(NCCCN3CCOCC3)cn2n1. The number of ether oxygens (including phenoxy) is 1. The first-order valence-corrected chi connectivity index (χ1v) is 7.56. The van der Waals surface area contributed by atoms with Crippen molar-refractivity contribution in [3.05, 3.63) is 17.8 Å². The van der Waals surface area contributed by atoms with Gasteiger partial charge in [0, 0.05) is 19.6 Å². The average molecular weight is 320 g/mol. The van der Waals surface area contributed by atoms with Crippen molar-refractivity contribution in [2.24, 2.45) is 0 Å². The molecule has 1 aliphatic rings. The molecular weight excluding hydrogens is 300 g/mol. The topological polar surface area (TPSA) is 118 Å². The zero-order valence-electron chi connectivity index (χ0n) is 12.7. The molecule has 1 fully saturated rings. The van der Waals surface area contributed by atoms with E-state index in [1.807, 2.05) is 0 Å². The summed E-state index contributed by atoms with van der Waals surface area (Å²) >= 11 is 0. The minimum Gasteiger partial charge on any atom is -0.478 e. The van der Waals surface area contributed by atoms with Gasteiger partial charge in [-0.1, -0.05) is 0 Å². The van der Waals surface area contributed by atoms with E-state index in [0.717, 1.165) is 39.3 Å². The number of morpholine rings is 1. The fourth-order valence-electron chi connectivity index (χ4n) is 2.61. The van der Waals surface area contributed by atoms with E-state index < -0.39 is 5.97 Å². The van der Waals surface area contributed by atoms with E-state index >= 15 is 0 Å². The van der Waals surface area contributed by atoms with Crippen molar-refractivity contribution in [3.8, 4) is 0 Å². The maximum atomic E-state index is 11.4. The first kappa shape index (κ1) is 15.5. The standard InChI is InChI=1S/C14H20N6O3/c15-14-17-12-8-10(13(21)22)11(9-20(12)18-14)16-2-1-3-19-4-6-23-7-5-19/h8-9,16H,1-7H2,(H2,15,18)(H,21,22). The summed E-state index contributed by atoms with van der Waals surface area (Å²) in [6, 6.07) is 1.47. The molecule has 0 atom stereocenters. The molecule has 0 aromatic carbocycles. The van der Waals surface area contributed by atoms with Gasteiger partial charge in [0.15, 0.2) is 5.65 Å². The molecule has 9 nitrogen and oxygen atoms in total. The van der Waals surface area contributed by atoms with Crippen molar-refractivity contribution in [2.75, 3.05) is 50.4 Å². The molecule has 3 heterocycles. The lowest BCUT2D eigenvalue weighted by molar-refractivity contribution is 0.0378. The second-order valence-electron chi connectivity index (χ2n) is 5.41. The normalized spacial score (nSPS) is 15.8. The Bertz CT molecular complexity index is 695. The summed E-state index contributed by atoms with van der Waals surface area (Å²) in [5, 5.41) is 16.5. The molecule has 9 heteroatoms. The number of nitrogens with one attached hydrogen (secondary N) is 1. The Morgan fingerprint density at radius 1 is 1.43 bits per heavy atom. The van der Waals surface area contributed by atoms with Crippen LogP contribution >= 0.6 is 0 Å². The molecule has 23 heavy (non-hydrogen) atoms. The largest absolute Gasteiger partial charge is 0.478 e. The number of aromatic nitrogens is 3. The lowest BCUT2D eigenvalue weighted by Crippen LogP contribution is -2.37. The highest BCUT2D eigenvalue weighted by molar-refractivity contribution is 5.95. The number of hydrogen-bond donors (Lipinski definition) is 3. The van der Waals surface area contributed by atoms with Gasteiger partial charge in [0.2, 0.25) is 5.95 Å². The van der Waals surface area contributed by atoms with Crippen molar-refractivity contribution < 1.29 is 14.6 Å². The summed E-state index contributed by atoms with van der Waals surface area (Å²) < 4.78 is 6.79. The molecule has 0 radical (unpaired) electrons. The van der Waals surface area contributed by atoms with Crippen LogP contribution in [0.4, 0.5) is 11.6 Å². The van der Waals surface area contributed by atoms with E-state index in [-0.39, 0.29) is 11.5 Å². The van der Waals surface area contributed by atoms with E-state index in [1.54, 1.807) is 6.20 Å². The van der Waals surface area contributed by atoms with E-state index in [1.165, 1.54) is 10.6 Å². The van der Waals surface area contributed by atoms with Crippen LogP contribution < -0.4 is 11.1 Å². The number of carbonyl (C=O) groups is 1. The number of fused-ring (bicyclic) bond motifs is 1. The number of aromatic carboxylic acids is 1. The molecule has 1 saturated heterocycles. The number of nitrogens with zero attached hydrogens (tertiary/aromatic N) is 4. The fraction of sp³-hybridized carbons (Fsp3) is 0.500. The van der Waals surface area contributed by atoms with Crippen LogP contribution in [0, 0.1) is 0 Å². The summed E-state index contributed by atoms with van der Waals surface area (Å²) in [4.78, 5) is 17.7. The Morgan fingerprint density at radius 3 is 2.96 bits per heavy atom. The number of hydrogen-bond acceptors (Lipinski definition) is 7. The summed E-state index contributed by atoms with van der Waals surface area (Å²) in [6.07, 6.45) is 2.52. The number of nitrogen functional groups attached to an aromatic ring is 1. The number of nitrogens with two attached hydrogens (primary N) is 1. The number of pyridine rings is 1. The predicted octanol–water partition coefficient (Wildman–Crippen LogP) is 0.144. The van der Waals surface area contributed by atoms with Crippen molar-refractivity contribution in [1.82, 2.24) is 19.5 Å². The van der Waals surface area contributed by atoms with Crippen LogP contribution in [0.3, 0.4) is 0 Å². The van der Waals surface area contributed by atoms with Crippen LogP contribution in [0.2, 0.25) is 0 Å². The van der Waals surface area contributed by atoms with Gasteiger partial charge < -0.3 is 20.9 Å². The van der Waals surface area contributed by atoms with Gasteiger partial charge in [-0.25, -0.2) is 9.31 Å². The van der Waals surface area contributed by atoms with Gasteiger partial charge in [-0.15, -0.1) is 5.10 Å². The van der Waals surface area contributed by atoms with E-state index in [9.17, 15) is 9.90 Å². The van der Waals surface area contributed by atoms with Crippen LogP contribution in [0.5, 0.6) is 0 Å². The Balaban J connectivity index is 1.63. The molecule has 0 amide bonds. The third-order valence-corrected chi connectivity index (χ3v) is 3.79. The van der Waals surface area contributed by atoms with Crippen LogP contribution in [0.15, 0.2) is 12.3 Å². The molecule has 0 unspecified atom stereocenters. The first-order valence-electron chi connectivity index (χ1n) is 7.56. The Morgan fingerprint density at radius 2 is 2.22 bits per heavy atom. The zero-order chi connectivity index (χ0) is 16.2. The third-order valence-electron chi connectivity index (χ3n) is 3.79. The average Bonchev–Trinajstić information content (AvgIpc) is 2.90. The van der Waals surface area contributed by atoms with Gasteiger partial charge in [0.1, 0.15) is 0 Å². The zero-order valence-corrected chi connectivity index (χ0v) is 12.7. The molecule has 124 valence electrons. The molecule has 1 aliphatic heterocycles. The Hall–Kier alpha value is -2.39. The molecule has 0 saturated carbocycles. The monoisotopic (exact) mass is 320 g/mol. The quantitative estimate of drug-likeness (QED) is 0.643. The fourth-order valence-corrected chi connectivity index (χ4v) is 2.61. The minimum atomic E-state index is -1.01. The van der Waals surface area contributed by atoms with E-state index in [2.05, 4.69) is 20.3 Å². The summed E-state index contributed by atoms with van der Waals surface area (Å²) in [5.74, 6) is -0.893. The lowest BCUT2D eigenvalue weighted by atomic mass is 10.2. The van der Waals surface area contributed by atoms with Crippen LogP contribution in [0.25, 0.3) is 5.65 Å². The predicted molar refractivity (Wildman–Crippen MR) is 84.7 cm³/mol. The van der Waals surface area contributed by atoms with Crippen molar-refractivity contribution in [1.29, 1.82) is 0 Å². The van der Waals surface area contributed by atoms with Crippen LogP contribution in [-0.2, 0) is 4.74 Å². The summed E-state index contributed by atoms with van der Waals surface area (Å²) in [6.45, 7) is 5.09. The molecule has 0 spiro atoms. The highest BCUT2D eigenvalue weighted by atomic mass is 16.5. The maximum Gasteiger partial charge on any atom is 0.337 e. The number of carboxylic acids is 1. The minimum absolute atomic E-state index is 0.116. The lowest BCUT2D eigenvalue weighted by Gasteiger charge is -2.26. The molecular formula is C14H20N6O3. The van der Waals surface area contributed by atoms with Crippen molar-refractivity contribution in [2.45, 2.75) is 6.42 Å². The molecule has 0 bridgehead atoms. The van der Waals surface area contributed by atoms with Crippen molar-refractivity contribution in [3.63, 3.8) is 0 Å². The smallest absolute Gasteiger partial charge is 0.337 e. The number of rotatable bonds is 6. The number of anilines is 2. The van der Waals surface area contributed by atoms with Gasteiger partial charge in [0.05, 0.1) is 30.7 Å². The van der Waals surface area contributed by atoms with Gasteiger partial charge in [0.25, 0.3) is 0 Å². The third kappa shape index (κ3) is 3.69. The Kier molecular flexibility index (Phi) is 4.58. The second kappa shape index (κ2) is 6.80. The van der Waals surface area contributed by atoms with Crippen molar-refractivity contribution >= 4 is 23.3 Å². The summed E-state index contributed by atoms with van der Waals surface area (Å²) in [7, 11) is 0. The van der Waals surface area contributed by atoms with E-state index in [0.29, 0.717) is 17.9 Å². The van der Waals surface area contributed by atoms with Gasteiger partial charge in [-0.05, 0) is 19.0 Å². The Labute approximate surface area is 133 Å². The second-order valence-corrected chi connectivity index (χ2v) is 5.41.